The Balaban J connectivity index is 1.93. The number of thiazole rings is 1. The number of esters is 1. The molecule has 3 aromatic rings. The summed E-state index contributed by atoms with van der Waals surface area (Å²) in [6.45, 7) is 4.46. The van der Waals surface area contributed by atoms with Gasteiger partial charge in [-0.2, -0.15) is 0 Å². The summed E-state index contributed by atoms with van der Waals surface area (Å²) in [5.74, 6) is -0.439. The second-order valence-corrected chi connectivity index (χ2v) is 9.11. The van der Waals surface area contributed by atoms with Crippen LogP contribution < -0.4 is 29.1 Å². The molecule has 2 aromatic carbocycles. The number of hydrogen-bond acceptors (Lipinski definition) is 11. The molecule has 12 nitrogen and oxygen atoms in total. The van der Waals surface area contributed by atoms with Gasteiger partial charge in [0.1, 0.15) is 0 Å². The van der Waals surface area contributed by atoms with Gasteiger partial charge in [0, 0.05) is 12.3 Å². The number of nitrogens with zero attached hydrogens (tertiary/aromatic N) is 3. The third kappa shape index (κ3) is 5.21. The average Bonchev–Trinajstić information content (AvgIpc) is 3.24. The summed E-state index contributed by atoms with van der Waals surface area (Å²) in [7, 11) is 2.50. The molecule has 0 amide bonds. The van der Waals surface area contributed by atoms with E-state index >= 15 is 0 Å². The van der Waals surface area contributed by atoms with E-state index in [1.807, 2.05) is 13.8 Å². The molecule has 1 aliphatic rings. The maximum Gasteiger partial charge on any atom is 0.337 e. The van der Waals surface area contributed by atoms with Gasteiger partial charge < -0.3 is 24.1 Å². The molecule has 1 atom stereocenters. The quantitative estimate of drug-likeness (QED) is 0.238. The maximum absolute atomic E-state index is 13.7. The number of aromatic hydroxyl groups is 1. The summed E-state index contributed by atoms with van der Waals surface area (Å²) in [6, 6.07) is 6.75. The Labute approximate surface area is 225 Å². The third-order valence-electron chi connectivity index (χ3n) is 5.80. The number of phenols is 1. The zero-order valence-corrected chi connectivity index (χ0v) is 22.3. The highest BCUT2D eigenvalue weighted by molar-refractivity contribution is 7.07. The number of aromatic nitrogens is 1. The van der Waals surface area contributed by atoms with Gasteiger partial charge in [-0.05, 0) is 49.2 Å². The van der Waals surface area contributed by atoms with Gasteiger partial charge in [0.05, 0.1) is 48.5 Å². The number of fused-ring (bicyclic) bond motifs is 1. The number of benzene rings is 2. The number of nitro benzene ring substituents is 1. The fourth-order valence-electron chi connectivity index (χ4n) is 4.13. The van der Waals surface area contributed by atoms with E-state index in [-0.39, 0.29) is 21.4 Å². The van der Waals surface area contributed by atoms with Crippen molar-refractivity contribution < 1.29 is 33.8 Å². The molecule has 13 heteroatoms. The summed E-state index contributed by atoms with van der Waals surface area (Å²) in [4.78, 5) is 41.7. The number of carbonyl (C=O) groups excluding carboxylic acids is 1. The van der Waals surface area contributed by atoms with Crippen molar-refractivity contribution in [2.75, 3.05) is 27.4 Å². The highest BCUT2D eigenvalue weighted by Crippen LogP contribution is 2.37. The molecule has 0 radical (unpaired) electrons. The van der Waals surface area contributed by atoms with E-state index in [1.54, 1.807) is 18.2 Å². The molecule has 2 heterocycles. The highest BCUT2D eigenvalue weighted by atomic mass is 32.1. The van der Waals surface area contributed by atoms with Crippen LogP contribution in [-0.4, -0.2) is 48.0 Å². The molecule has 1 aliphatic heterocycles. The van der Waals surface area contributed by atoms with Crippen molar-refractivity contribution in [1.29, 1.82) is 0 Å². The van der Waals surface area contributed by atoms with Crippen molar-refractivity contribution in [2.24, 2.45) is 4.99 Å². The Morgan fingerprint density at radius 1 is 1.15 bits per heavy atom. The van der Waals surface area contributed by atoms with E-state index in [0.717, 1.165) is 17.4 Å². The topological polar surface area (TPSA) is 152 Å². The number of hydrogen-bond donors (Lipinski definition) is 1. The van der Waals surface area contributed by atoms with Crippen LogP contribution in [0.4, 0.5) is 5.69 Å². The Hall–Kier alpha value is -4.65. The van der Waals surface area contributed by atoms with E-state index in [0.29, 0.717) is 35.1 Å². The molecule has 0 aliphatic carbocycles. The minimum absolute atomic E-state index is 0.119. The number of carbonyl (C=O) groups is 1. The largest absolute Gasteiger partial charge is 0.500 e. The normalized spacial score (nSPS) is 14.6. The predicted octanol–water partition coefficient (Wildman–Crippen LogP) is 2.44. The van der Waals surface area contributed by atoms with Crippen LogP contribution in [0.25, 0.3) is 6.08 Å². The Bertz CT molecular complexity index is 1660. The second-order valence-electron chi connectivity index (χ2n) is 8.10. The Morgan fingerprint density at radius 2 is 1.87 bits per heavy atom. The average molecular weight is 556 g/mol. The van der Waals surface area contributed by atoms with Gasteiger partial charge in [-0.25, -0.2) is 9.79 Å². The van der Waals surface area contributed by atoms with Crippen LogP contribution in [0.5, 0.6) is 23.0 Å². The van der Waals surface area contributed by atoms with Crippen molar-refractivity contribution >= 4 is 29.1 Å². The van der Waals surface area contributed by atoms with Crippen LogP contribution in [0, 0.1) is 10.1 Å². The number of phenolic OH excluding ortho intramolecular Hbond substituents is 1. The van der Waals surface area contributed by atoms with E-state index in [4.69, 9.17) is 18.9 Å². The monoisotopic (exact) mass is 555 g/mol. The first kappa shape index (κ1) is 27.4. The number of nitro groups is 1. The van der Waals surface area contributed by atoms with Gasteiger partial charge in [-0.15, -0.1) is 0 Å². The summed E-state index contributed by atoms with van der Waals surface area (Å²) in [5.41, 5.74) is -0.116. The predicted molar refractivity (Wildman–Crippen MR) is 141 cm³/mol. The molecule has 1 aromatic heterocycles. The fourth-order valence-corrected chi connectivity index (χ4v) is 5.10. The van der Waals surface area contributed by atoms with Crippen molar-refractivity contribution in [3.63, 3.8) is 0 Å². The zero-order chi connectivity index (χ0) is 28.3. The lowest BCUT2D eigenvalue weighted by atomic mass is 9.97. The Kier molecular flexibility index (Phi) is 8.00. The summed E-state index contributed by atoms with van der Waals surface area (Å²) >= 11 is 1.04. The first-order chi connectivity index (χ1) is 18.7. The molecule has 4 rings (SSSR count). The van der Waals surface area contributed by atoms with Gasteiger partial charge in [0.25, 0.3) is 5.56 Å². The van der Waals surface area contributed by atoms with Crippen molar-refractivity contribution in [3.8, 4) is 23.0 Å². The lowest BCUT2D eigenvalue weighted by Crippen LogP contribution is -2.39. The molecule has 0 saturated heterocycles. The molecule has 39 heavy (non-hydrogen) atoms. The van der Waals surface area contributed by atoms with Gasteiger partial charge in [0.2, 0.25) is 5.75 Å². The smallest absolute Gasteiger partial charge is 0.337 e. The SMILES string of the molecule is CCOc1ccc([C@@H]2C(C(=O)OC)=CN=c3s/c(=C\c4cc(OC)c(O)c([N+](=O)[O-])c4)c(=O)n32)cc1OCC. The molecular formula is C26H25N3O9S. The van der Waals surface area contributed by atoms with Crippen LogP contribution in [0.15, 0.2) is 51.9 Å². The van der Waals surface area contributed by atoms with Crippen molar-refractivity contribution in [3.05, 3.63) is 83.0 Å². The molecule has 0 fully saturated rings. The van der Waals surface area contributed by atoms with Gasteiger partial charge >= 0.3 is 11.7 Å². The van der Waals surface area contributed by atoms with Crippen LogP contribution in [0.2, 0.25) is 0 Å². The first-order valence-corrected chi connectivity index (χ1v) is 12.6. The van der Waals surface area contributed by atoms with Gasteiger partial charge in [-0.3, -0.25) is 19.5 Å². The zero-order valence-electron chi connectivity index (χ0n) is 21.5. The van der Waals surface area contributed by atoms with Gasteiger partial charge in [-0.1, -0.05) is 17.4 Å². The standard InChI is InChI=1S/C26H25N3O9S/c1-5-37-18-8-7-15(12-19(18)38-6-2)22-16(25(32)36-4)13-27-26-28(22)24(31)21(39-26)11-14-9-17(29(33)34)23(30)20(10-14)35-3/h7-13,22,30H,5-6H2,1-4H3/b21-11-/t22-/m1/s1. The lowest BCUT2D eigenvalue weighted by molar-refractivity contribution is -0.386. The molecule has 0 unspecified atom stereocenters. The number of rotatable bonds is 9. The van der Waals surface area contributed by atoms with E-state index < -0.39 is 33.9 Å². The molecule has 1 N–H and O–H groups in total. The third-order valence-corrected chi connectivity index (χ3v) is 6.80. The van der Waals surface area contributed by atoms with E-state index in [9.17, 15) is 24.8 Å². The fraction of sp³-hybridized carbons (Fsp3) is 0.269. The van der Waals surface area contributed by atoms with Crippen LogP contribution >= 0.6 is 11.3 Å². The highest BCUT2D eigenvalue weighted by Gasteiger charge is 2.31. The molecule has 0 bridgehead atoms. The number of ether oxygens (including phenoxy) is 4. The maximum atomic E-state index is 13.7. The second kappa shape index (κ2) is 11.4. The summed E-state index contributed by atoms with van der Waals surface area (Å²) in [6.07, 6.45) is 2.79. The number of methoxy groups -OCH3 is 2. The lowest BCUT2D eigenvalue weighted by Gasteiger charge is -2.23. The minimum atomic E-state index is -0.894. The minimum Gasteiger partial charge on any atom is -0.500 e. The van der Waals surface area contributed by atoms with Crippen LogP contribution in [0.3, 0.4) is 0 Å². The van der Waals surface area contributed by atoms with Gasteiger partial charge in [0.15, 0.2) is 22.0 Å². The van der Waals surface area contributed by atoms with E-state index in [2.05, 4.69) is 4.99 Å². The molecule has 0 spiro atoms. The van der Waals surface area contributed by atoms with Crippen LogP contribution in [-0.2, 0) is 9.53 Å². The Morgan fingerprint density at radius 3 is 2.51 bits per heavy atom. The molecule has 0 saturated carbocycles. The van der Waals surface area contributed by atoms with E-state index in [1.165, 1.54) is 37.1 Å². The van der Waals surface area contributed by atoms with Crippen LogP contribution in [0.1, 0.15) is 31.0 Å². The first-order valence-electron chi connectivity index (χ1n) is 11.8. The van der Waals surface area contributed by atoms with Crippen molar-refractivity contribution in [2.45, 2.75) is 19.9 Å². The van der Waals surface area contributed by atoms with Crippen molar-refractivity contribution in [1.82, 2.24) is 4.57 Å². The summed E-state index contributed by atoms with van der Waals surface area (Å²) in [5, 5.41) is 21.5. The molecular weight excluding hydrogens is 530 g/mol. The summed E-state index contributed by atoms with van der Waals surface area (Å²) < 4.78 is 23.0. The molecule has 204 valence electrons.